The lowest BCUT2D eigenvalue weighted by Crippen LogP contribution is -2.20. The monoisotopic (exact) mass is 336 g/mol. The zero-order valence-corrected chi connectivity index (χ0v) is 16.7. The van der Waals surface area contributed by atoms with Gasteiger partial charge in [0.15, 0.2) is 0 Å². The second-order valence-corrected chi connectivity index (χ2v) is 8.92. The molecule has 2 aliphatic carbocycles. The summed E-state index contributed by atoms with van der Waals surface area (Å²) in [5.74, 6) is 4.05. The summed E-state index contributed by atoms with van der Waals surface area (Å²) in [6.45, 7) is 6.59. The van der Waals surface area contributed by atoms with Crippen LogP contribution in [0.15, 0.2) is 0 Å². The number of ether oxygens (including phenoxy) is 1. The summed E-state index contributed by atoms with van der Waals surface area (Å²) in [6, 6.07) is 0. The minimum Gasteiger partial charge on any atom is -0.381 e. The molecule has 0 spiro atoms. The lowest BCUT2D eigenvalue weighted by molar-refractivity contribution is 0.0742. The molecule has 0 aromatic rings. The topological polar surface area (TPSA) is 9.23 Å². The van der Waals surface area contributed by atoms with E-state index in [0.717, 1.165) is 36.9 Å². The van der Waals surface area contributed by atoms with Crippen LogP contribution in [0.4, 0.5) is 0 Å². The van der Waals surface area contributed by atoms with Gasteiger partial charge >= 0.3 is 0 Å². The van der Waals surface area contributed by atoms with E-state index in [1.807, 2.05) is 0 Å². The molecule has 0 atom stereocenters. The van der Waals surface area contributed by atoms with Crippen molar-refractivity contribution in [2.24, 2.45) is 23.7 Å². The summed E-state index contributed by atoms with van der Waals surface area (Å²) in [6.07, 6.45) is 21.9. The fourth-order valence-electron chi connectivity index (χ4n) is 4.96. The Morgan fingerprint density at radius 3 is 1.54 bits per heavy atom. The predicted molar refractivity (Wildman–Crippen MR) is 105 cm³/mol. The third-order valence-electron chi connectivity index (χ3n) is 6.88. The molecule has 2 fully saturated rings. The number of hydrogen-bond donors (Lipinski definition) is 0. The molecule has 1 heteroatoms. The Labute approximate surface area is 152 Å². The molecule has 0 amide bonds. The molecule has 0 aliphatic heterocycles. The molecule has 1 nitrogen and oxygen atoms in total. The Morgan fingerprint density at radius 2 is 1.04 bits per heavy atom. The van der Waals surface area contributed by atoms with Gasteiger partial charge in [-0.15, -0.1) is 0 Å². The fraction of sp³-hybridized carbons (Fsp3) is 1.00. The van der Waals surface area contributed by atoms with Crippen LogP contribution < -0.4 is 0 Å². The van der Waals surface area contributed by atoms with Crippen LogP contribution in [-0.4, -0.2) is 13.2 Å². The largest absolute Gasteiger partial charge is 0.381 e. The van der Waals surface area contributed by atoms with Crippen molar-refractivity contribution >= 4 is 0 Å². The van der Waals surface area contributed by atoms with Crippen LogP contribution >= 0.6 is 0 Å². The average Bonchev–Trinajstić information content (AvgIpc) is 2.64. The van der Waals surface area contributed by atoms with Crippen LogP contribution in [0.1, 0.15) is 110 Å². The first-order valence-corrected chi connectivity index (χ1v) is 11.4. The van der Waals surface area contributed by atoms with E-state index in [1.54, 1.807) is 0 Å². The highest BCUT2D eigenvalue weighted by atomic mass is 16.5. The van der Waals surface area contributed by atoms with Gasteiger partial charge < -0.3 is 4.74 Å². The van der Waals surface area contributed by atoms with Gasteiger partial charge in [0.05, 0.1) is 0 Å². The number of unbranched alkanes of at least 4 members (excludes halogenated alkanes) is 2. The zero-order valence-electron chi connectivity index (χ0n) is 16.7. The van der Waals surface area contributed by atoms with Gasteiger partial charge in [-0.25, -0.2) is 0 Å². The molecular weight excluding hydrogens is 292 g/mol. The van der Waals surface area contributed by atoms with Gasteiger partial charge in [0.25, 0.3) is 0 Å². The van der Waals surface area contributed by atoms with E-state index in [-0.39, 0.29) is 0 Å². The highest BCUT2D eigenvalue weighted by molar-refractivity contribution is 4.76. The van der Waals surface area contributed by atoms with Gasteiger partial charge in [0, 0.05) is 13.2 Å². The summed E-state index contributed by atoms with van der Waals surface area (Å²) < 4.78 is 5.84. The average molecular weight is 337 g/mol. The summed E-state index contributed by atoms with van der Waals surface area (Å²) in [5.41, 5.74) is 0. The molecular formula is C23H44O. The van der Waals surface area contributed by atoms with Gasteiger partial charge in [-0.1, -0.05) is 90.9 Å². The Kier molecular flexibility index (Phi) is 10.4. The maximum absolute atomic E-state index is 5.84. The second kappa shape index (κ2) is 12.3. The molecule has 0 aromatic carbocycles. The van der Waals surface area contributed by atoms with Gasteiger partial charge in [-0.3, -0.25) is 0 Å². The Hall–Kier alpha value is -0.0400. The summed E-state index contributed by atoms with van der Waals surface area (Å²) >= 11 is 0. The van der Waals surface area contributed by atoms with Gasteiger partial charge in [-0.05, 0) is 42.9 Å². The molecule has 0 unspecified atom stereocenters. The third-order valence-corrected chi connectivity index (χ3v) is 6.88. The van der Waals surface area contributed by atoms with Gasteiger partial charge in [0.1, 0.15) is 0 Å². The molecule has 0 saturated heterocycles. The minimum atomic E-state index is 0.868. The number of rotatable bonds is 11. The first kappa shape index (κ1) is 20.3. The molecule has 2 saturated carbocycles. The maximum Gasteiger partial charge on any atom is 0.0494 e. The smallest absolute Gasteiger partial charge is 0.0494 e. The predicted octanol–water partition coefficient (Wildman–Crippen LogP) is 7.39. The molecule has 0 bridgehead atoms. The van der Waals surface area contributed by atoms with Crippen molar-refractivity contribution in [2.45, 2.75) is 110 Å². The van der Waals surface area contributed by atoms with E-state index >= 15 is 0 Å². The molecule has 0 radical (unpaired) electrons. The summed E-state index contributed by atoms with van der Waals surface area (Å²) in [4.78, 5) is 0. The van der Waals surface area contributed by atoms with Crippen LogP contribution in [0.5, 0.6) is 0 Å². The maximum atomic E-state index is 5.84. The Balaban J connectivity index is 1.49. The zero-order chi connectivity index (χ0) is 17.0. The van der Waals surface area contributed by atoms with Crippen molar-refractivity contribution < 1.29 is 4.74 Å². The molecule has 2 aliphatic rings. The van der Waals surface area contributed by atoms with Crippen molar-refractivity contribution in [1.82, 2.24) is 0 Å². The highest BCUT2D eigenvalue weighted by Gasteiger charge is 2.24. The van der Waals surface area contributed by atoms with Crippen molar-refractivity contribution in [3.05, 3.63) is 0 Å². The summed E-state index contributed by atoms with van der Waals surface area (Å²) in [5, 5.41) is 0. The Bertz CT molecular complexity index is 284. The van der Waals surface area contributed by atoms with Crippen LogP contribution in [0.3, 0.4) is 0 Å². The second-order valence-electron chi connectivity index (χ2n) is 8.92. The van der Waals surface area contributed by atoms with Gasteiger partial charge in [-0.2, -0.15) is 0 Å². The Morgan fingerprint density at radius 1 is 0.583 bits per heavy atom. The first-order valence-electron chi connectivity index (χ1n) is 11.4. The van der Waals surface area contributed by atoms with Crippen molar-refractivity contribution in [2.75, 3.05) is 13.2 Å². The lowest BCUT2D eigenvalue weighted by Gasteiger charge is -2.32. The van der Waals surface area contributed by atoms with E-state index < -0.39 is 0 Å². The van der Waals surface area contributed by atoms with Gasteiger partial charge in [0.2, 0.25) is 0 Å². The van der Waals surface area contributed by atoms with Crippen LogP contribution in [0.2, 0.25) is 0 Å². The van der Waals surface area contributed by atoms with Crippen LogP contribution in [0, 0.1) is 23.7 Å². The number of hydrogen-bond acceptors (Lipinski definition) is 1. The first-order chi connectivity index (χ1) is 11.8. The van der Waals surface area contributed by atoms with Crippen LogP contribution in [-0.2, 0) is 4.74 Å². The van der Waals surface area contributed by atoms with E-state index in [1.165, 1.54) is 96.3 Å². The van der Waals surface area contributed by atoms with E-state index in [4.69, 9.17) is 4.74 Å². The van der Waals surface area contributed by atoms with Crippen molar-refractivity contribution in [3.8, 4) is 0 Å². The third kappa shape index (κ3) is 7.89. The quantitative estimate of drug-likeness (QED) is 0.357. The normalized spacial score (nSPS) is 31.2. The van der Waals surface area contributed by atoms with Crippen molar-refractivity contribution in [3.63, 3.8) is 0 Å². The standard InChI is InChI=1S/C23H44O/c1-3-5-7-20-8-10-21(11-9-20)12-13-22-14-16-23(17-15-22)19-24-18-6-4-2/h20-23H,3-19H2,1-2H3/t20-,21-,22-,23-. The van der Waals surface area contributed by atoms with Crippen molar-refractivity contribution in [1.29, 1.82) is 0 Å². The van der Waals surface area contributed by atoms with E-state index in [0.29, 0.717) is 0 Å². The summed E-state index contributed by atoms with van der Waals surface area (Å²) in [7, 11) is 0. The molecule has 2 rings (SSSR count). The molecule has 0 N–H and O–H groups in total. The molecule has 0 heterocycles. The van der Waals surface area contributed by atoms with Crippen LogP contribution in [0.25, 0.3) is 0 Å². The highest BCUT2D eigenvalue weighted by Crippen LogP contribution is 2.37. The minimum absolute atomic E-state index is 0.868. The van der Waals surface area contributed by atoms with E-state index in [9.17, 15) is 0 Å². The fourth-order valence-corrected chi connectivity index (χ4v) is 4.96. The van der Waals surface area contributed by atoms with E-state index in [2.05, 4.69) is 13.8 Å². The molecule has 142 valence electrons. The SMILES string of the molecule is CCCCOC[C@H]1CC[C@H](CC[C@H]2CC[C@H](CCCC)CC2)CC1. The lowest BCUT2D eigenvalue weighted by atomic mass is 9.75. The molecule has 0 aromatic heterocycles. The molecule has 24 heavy (non-hydrogen) atoms.